The summed E-state index contributed by atoms with van der Waals surface area (Å²) in [5.74, 6) is 0. The van der Waals surface area contributed by atoms with Crippen molar-refractivity contribution < 1.29 is 8.42 Å². The number of sulfonamides is 1. The second-order valence-corrected chi connectivity index (χ2v) is 5.72. The highest BCUT2D eigenvalue weighted by Gasteiger charge is 2.36. The minimum atomic E-state index is -3.33. The van der Waals surface area contributed by atoms with Crippen LogP contribution in [-0.4, -0.2) is 13.7 Å². The Morgan fingerprint density at radius 3 is 2.69 bits per heavy atom. The maximum atomic E-state index is 11.7. The molecule has 1 fully saturated rings. The van der Waals surface area contributed by atoms with Crippen LogP contribution >= 0.6 is 0 Å². The molecule has 6 heteroatoms. The summed E-state index contributed by atoms with van der Waals surface area (Å²) >= 11 is 0. The smallest absolute Gasteiger partial charge is 0.235 e. The Kier molecular flexibility index (Phi) is 2.48. The average molecular weight is 237 g/mol. The van der Waals surface area contributed by atoms with Crippen molar-refractivity contribution >= 4 is 21.4 Å². The van der Waals surface area contributed by atoms with Crippen molar-refractivity contribution in [1.82, 2.24) is 0 Å². The topological polar surface area (TPSA) is 96.0 Å². The van der Waals surface area contributed by atoms with Gasteiger partial charge in [-0.05, 0) is 31.0 Å². The van der Waals surface area contributed by atoms with E-state index >= 15 is 0 Å². The highest BCUT2D eigenvalue weighted by Crippen LogP contribution is 2.30. The van der Waals surface area contributed by atoms with Crippen molar-refractivity contribution in [3.8, 4) is 6.07 Å². The number of anilines is 2. The van der Waals surface area contributed by atoms with Crippen molar-refractivity contribution in [1.29, 1.82) is 5.26 Å². The van der Waals surface area contributed by atoms with Gasteiger partial charge in [0.2, 0.25) is 10.0 Å². The lowest BCUT2D eigenvalue weighted by molar-refractivity contribution is 0.600. The Balaban J connectivity index is 2.31. The van der Waals surface area contributed by atoms with E-state index in [1.54, 1.807) is 6.07 Å². The molecular weight excluding hydrogens is 226 g/mol. The largest absolute Gasteiger partial charge is 0.399 e. The molecule has 1 aromatic rings. The van der Waals surface area contributed by atoms with Gasteiger partial charge in [0.1, 0.15) is 6.07 Å². The zero-order chi connectivity index (χ0) is 11.8. The van der Waals surface area contributed by atoms with Gasteiger partial charge >= 0.3 is 0 Å². The van der Waals surface area contributed by atoms with Crippen molar-refractivity contribution in [2.75, 3.05) is 10.5 Å². The number of benzene rings is 1. The normalized spacial score (nSPS) is 15.4. The van der Waals surface area contributed by atoms with Crippen molar-refractivity contribution in [3.05, 3.63) is 23.8 Å². The van der Waals surface area contributed by atoms with Gasteiger partial charge in [0.05, 0.1) is 16.5 Å². The molecule has 2 rings (SSSR count). The van der Waals surface area contributed by atoms with Crippen LogP contribution in [0.25, 0.3) is 0 Å². The van der Waals surface area contributed by atoms with E-state index in [4.69, 9.17) is 11.0 Å². The lowest BCUT2D eigenvalue weighted by Gasteiger charge is -2.08. The molecule has 0 aromatic heterocycles. The molecule has 0 amide bonds. The lowest BCUT2D eigenvalue weighted by Crippen LogP contribution is -2.18. The molecule has 0 heterocycles. The Labute approximate surface area is 93.9 Å². The fourth-order valence-electron chi connectivity index (χ4n) is 1.36. The van der Waals surface area contributed by atoms with Gasteiger partial charge in [0.25, 0.3) is 0 Å². The molecule has 5 nitrogen and oxygen atoms in total. The monoisotopic (exact) mass is 237 g/mol. The molecule has 84 valence electrons. The molecule has 1 aliphatic rings. The fraction of sp³-hybridized carbons (Fsp3) is 0.300. The molecule has 1 aromatic carbocycles. The summed E-state index contributed by atoms with van der Waals surface area (Å²) in [6.07, 6.45) is 1.37. The van der Waals surface area contributed by atoms with Crippen LogP contribution in [0.1, 0.15) is 18.4 Å². The van der Waals surface area contributed by atoms with Crippen LogP contribution in [0.3, 0.4) is 0 Å². The van der Waals surface area contributed by atoms with Crippen LogP contribution in [0.15, 0.2) is 18.2 Å². The summed E-state index contributed by atoms with van der Waals surface area (Å²) < 4.78 is 25.7. The predicted molar refractivity (Wildman–Crippen MR) is 61.1 cm³/mol. The first-order valence-electron chi connectivity index (χ1n) is 4.84. The molecule has 1 aliphatic carbocycles. The van der Waals surface area contributed by atoms with Crippen LogP contribution in [0, 0.1) is 11.3 Å². The molecule has 0 spiro atoms. The molecule has 0 radical (unpaired) electrons. The number of nitrogens with one attached hydrogen (secondary N) is 1. The van der Waals surface area contributed by atoms with E-state index in [9.17, 15) is 8.42 Å². The molecule has 0 aliphatic heterocycles. The fourth-order valence-corrected chi connectivity index (χ4v) is 2.77. The molecule has 1 saturated carbocycles. The van der Waals surface area contributed by atoms with Crippen LogP contribution in [0.5, 0.6) is 0 Å². The molecular formula is C10H11N3O2S. The third kappa shape index (κ3) is 2.09. The van der Waals surface area contributed by atoms with E-state index in [2.05, 4.69) is 4.72 Å². The molecule has 0 saturated heterocycles. The van der Waals surface area contributed by atoms with Crippen LogP contribution in [0.2, 0.25) is 0 Å². The zero-order valence-corrected chi connectivity index (χ0v) is 9.29. The second kappa shape index (κ2) is 3.68. The second-order valence-electron chi connectivity index (χ2n) is 3.76. The number of hydrogen-bond acceptors (Lipinski definition) is 4. The highest BCUT2D eigenvalue weighted by atomic mass is 32.2. The third-order valence-corrected chi connectivity index (χ3v) is 4.23. The quantitative estimate of drug-likeness (QED) is 0.768. The number of rotatable bonds is 3. The Bertz CT molecular complexity index is 556. The third-order valence-electron chi connectivity index (χ3n) is 2.38. The minimum Gasteiger partial charge on any atom is -0.399 e. The Morgan fingerprint density at radius 2 is 2.12 bits per heavy atom. The summed E-state index contributed by atoms with van der Waals surface area (Å²) in [6.45, 7) is 0. The van der Waals surface area contributed by atoms with E-state index in [0.29, 0.717) is 24.2 Å². The van der Waals surface area contributed by atoms with Gasteiger partial charge in [-0.25, -0.2) is 8.42 Å². The van der Waals surface area contributed by atoms with Crippen LogP contribution < -0.4 is 10.5 Å². The molecule has 0 unspecified atom stereocenters. The van der Waals surface area contributed by atoms with Crippen molar-refractivity contribution in [2.24, 2.45) is 0 Å². The van der Waals surface area contributed by atoms with Gasteiger partial charge < -0.3 is 5.73 Å². The number of nitrogens with zero attached hydrogens (tertiary/aromatic N) is 1. The number of nitriles is 1. The van der Waals surface area contributed by atoms with Crippen molar-refractivity contribution in [3.63, 3.8) is 0 Å². The van der Waals surface area contributed by atoms with E-state index in [1.807, 2.05) is 6.07 Å². The first kappa shape index (κ1) is 10.8. The van der Waals surface area contributed by atoms with Gasteiger partial charge in [0.15, 0.2) is 0 Å². The summed E-state index contributed by atoms with van der Waals surface area (Å²) in [6, 6.07) is 6.43. The SMILES string of the molecule is N#Cc1cc(N)ccc1NS(=O)(=O)C1CC1. The molecule has 0 atom stereocenters. The predicted octanol–water partition coefficient (Wildman–Crippen LogP) is 1.04. The standard InChI is InChI=1S/C10H11N3O2S/c11-6-7-5-8(12)1-4-10(7)13-16(14,15)9-2-3-9/h1,4-5,9,13H,2-3,12H2. The Hall–Kier alpha value is -1.74. The summed E-state index contributed by atoms with van der Waals surface area (Å²) in [7, 11) is -3.33. The van der Waals surface area contributed by atoms with E-state index in [1.165, 1.54) is 12.1 Å². The maximum absolute atomic E-state index is 11.7. The highest BCUT2D eigenvalue weighted by molar-refractivity contribution is 7.93. The number of hydrogen-bond donors (Lipinski definition) is 2. The number of nitrogen functional groups attached to an aromatic ring is 1. The van der Waals surface area contributed by atoms with E-state index in [-0.39, 0.29) is 10.8 Å². The Morgan fingerprint density at radius 1 is 1.44 bits per heavy atom. The average Bonchev–Trinajstić information content (AvgIpc) is 3.04. The lowest BCUT2D eigenvalue weighted by atomic mass is 10.2. The van der Waals surface area contributed by atoms with Crippen LogP contribution in [0.4, 0.5) is 11.4 Å². The first-order chi connectivity index (χ1) is 7.53. The van der Waals surface area contributed by atoms with E-state index < -0.39 is 10.0 Å². The first-order valence-corrected chi connectivity index (χ1v) is 6.39. The van der Waals surface area contributed by atoms with Gasteiger partial charge in [-0.2, -0.15) is 5.26 Å². The number of nitrogens with two attached hydrogens (primary N) is 1. The van der Waals surface area contributed by atoms with Gasteiger partial charge in [-0.1, -0.05) is 0 Å². The van der Waals surface area contributed by atoms with Crippen LogP contribution in [-0.2, 0) is 10.0 Å². The zero-order valence-electron chi connectivity index (χ0n) is 8.47. The van der Waals surface area contributed by atoms with Gasteiger partial charge in [0, 0.05) is 5.69 Å². The summed E-state index contributed by atoms with van der Waals surface area (Å²) in [4.78, 5) is 0. The molecule has 16 heavy (non-hydrogen) atoms. The maximum Gasteiger partial charge on any atom is 0.235 e. The minimum absolute atomic E-state index is 0.240. The molecule has 3 N–H and O–H groups in total. The molecule has 0 bridgehead atoms. The van der Waals surface area contributed by atoms with E-state index in [0.717, 1.165) is 0 Å². The summed E-state index contributed by atoms with van der Waals surface area (Å²) in [5, 5.41) is 8.54. The van der Waals surface area contributed by atoms with Gasteiger partial charge in [-0.15, -0.1) is 0 Å². The van der Waals surface area contributed by atoms with Crippen molar-refractivity contribution in [2.45, 2.75) is 18.1 Å². The van der Waals surface area contributed by atoms with Gasteiger partial charge in [-0.3, -0.25) is 4.72 Å². The summed E-state index contributed by atoms with van der Waals surface area (Å²) in [5.41, 5.74) is 6.48.